The Morgan fingerprint density at radius 1 is 1.06 bits per heavy atom. The fourth-order valence-electron chi connectivity index (χ4n) is 4.06. The summed E-state index contributed by atoms with van der Waals surface area (Å²) in [4.78, 5) is 43.2. The molecule has 0 aliphatic carbocycles. The van der Waals surface area contributed by atoms with Gasteiger partial charge in [0.05, 0.1) is 0 Å². The maximum atomic E-state index is 13.4. The van der Waals surface area contributed by atoms with Crippen LogP contribution in [-0.2, 0) is 20.8 Å². The van der Waals surface area contributed by atoms with E-state index in [4.69, 9.17) is 0 Å². The molecule has 0 fully saturated rings. The third kappa shape index (κ3) is 6.59. The zero-order valence-electron chi connectivity index (χ0n) is 20.7. The van der Waals surface area contributed by atoms with E-state index in [1.807, 2.05) is 80.7 Å². The van der Waals surface area contributed by atoms with E-state index in [0.29, 0.717) is 12.8 Å². The first-order valence-corrected chi connectivity index (χ1v) is 11.9. The van der Waals surface area contributed by atoms with Gasteiger partial charge in [-0.25, -0.2) is 0 Å². The minimum Gasteiger partial charge on any atom is -0.361 e. The van der Waals surface area contributed by atoms with Crippen LogP contribution in [0.15, 0.2) is 67.0 Å². The molecule has 2 aromatic carbocycles. The molecule has 3 atom stereocenters. The average molecular weight is 475 g/mol. The Balaban J connectivity index is 1.81. The third-order valence-corrected chi connectivity index (χ3v) is 6.34. The van der Waals surface area contributed by atoms with Crippen LogP contribution in [0.2, 0.25) is 0 Å². The first kappa shape index (κ1) is 25.7. The number of carbonyl (C=O) groups excluding carboxylic acids is 3. The van der Waals surface area contributed by atoms with Crippen molar-refractivity contribution >= 4 is 34.7 Å². The number of benzene rings is 2. The van der Waals surface area contributed by atoms with Crippen molar-refractivity contribution in [2.24, 2.45) is 5.92 Å². The molecule has 3 unspecified atom stereocenters. The van der Waals surface area contributed by atoms with Gasteiger partial charge in [-0.1, -0.05) is 68.8 Å². The molecule has 3 amide bonds. The SMILES string of the molecule is CCC(C)C(NC(C)=O)C(=O)N(C)C(Cc1ccccc1)C(=O)NC=Cc1c[nH]c2ccccc12. The highest BCUT2D eigenvalue weighted by atomic mass is 16.2. The lowest BCUT2D eigenvalue weighted by molar-refractivity contribution is -0.142. The minimum absolute atomic E-state index is 0.0731. The molecule has 7 nitrogen and oxygen atoms in total. The summed E-state index contributed by atoms with van der Waals surface area (Å²) in [6.45, 7) is 5.28. The Labute approximate surface area is 206 Å². The summed E-state index contributed by atoms with van der Waals surface area (Å²) in [6, 6.07) is 16.1. The van der Waals surface area contributed by atoms with Gasteiger partial charge in [0, 0.05) is 49.3 Å². The molecule has 1 aromatic heterocycles. The number of H-pyrrole nitrogens is 1. The van der Waals surface area contributed by atoms with Crippen LogP contribution in [0.5, 0.6) is 0 Å². The van der Waals surface area contributed by atoms with E-state index in [2.05, 4.69) is 15.6 Å². The molecule has 184 valence electrons. The van der Waals surface area contributed by atoms with E-state index in [0.717, 1.165) is 22.0 Å². The van der Waals surface area contributed by atoms with Crippen LogP contribution in [-0.4, -0.2) is 46.7 Å². The minimum atomic E-state index is -0.752. The molecule has 3 aromatic rings. The first-order chi connectivity index (χ1) is 16.8. The van der Waals surface area contributed by atoms with E-state index >= 15 is 0 Å². The second-order valence-corrected chi connectivity index (χ2v) is 8.85. The molecule has 3 rings (SSSR count). The summed E-state index contributed by atoms with van der Waals surface area (Å²) < 4.78 is 0. The number of carbonyl (C=O) groups is 3. The third-order valence-electron chi connectivity index (χ3n) is 6.34. The van der Waals surface area contributed by atoms with Gasteiger partial charge < -0.3 is 20.5 Å². The molecule has 0 aliphatic heterocycles. The highest BCUT2D eigenvalue weighted by Crippen LogP contribution is 2.19. The van der Waals surface area contributed by atoms with Crippen molar-refractivity contribution in [3.05, 3.63) is 78.1 Å². The second-order valence-electron chi connectivity index (χ2n) is 8.85. The summed E-state index contributed by atoms with van der Waals surface area (Å²) >= 11 is 0. The molecule has 0 saturated heterocycles. The van der Waals surface area contributed by atoms with Crippen LogP contribution in [0, 0.1) is 5.92 Å². The van der Waals surface area contributed by atoms with Crippen molar-refractivity contribution in [2.75, 3.05) is 7.05 Å². The van der Waals surface area contributed by atoms with Crippen molar-refractivity contribution in [1.29, 1.82) is 0 Å². The number of nitrogens with one attached hydrogen (secondary N) is 3. The Bertz CT molecular complexity index is 1190. The molecular formula is C28H34N4O3. The fraction of sp³-hybridized carbons (Fsp3) is 0.321. The van der Waals surface area contributed by atoms with E-state index in [-0.39, 0.29) is 23.6 Å². The number of fused-ring (bicyclic) bond motifs is 1. The maximum absolute atomic E-state index is 13.4. The van der Waals surface area contributed by atoms with Crippen molar-refractivity contribution in [3.8, 4) is 0 Å². The second kappa shape index (κ2) is 12.0. The van der Waals surface area contributed by atoms with Gasteiger partial charge >= 0.3 is 0 Å². The van der Waals surface area contributed by atoms with Gasteiger partial charge in [-0.2, -0.15) is 0 Å². The van der Waals surface area contributed by atoms with Gasteiger partial charge in [0.15, 0.2) is 0 Å². The van der Waals surface area contributed by atoms with E-state index in [1.165, 1.54) is 11.8 Å². The van der Waals surface area contributed by atoms with Crippen LogP contribution < -0.4 is 10.6 Å². The zero-order chi connectivity index (χ0) is 25.4. The molecule has 1 heterocycles. The molecule has 3 N–H and O–H groups in total. The summed E-state index contributed by atoms with van der Waals surface area (Å²) in [5.74, 6) is -0.934. The van der Waals surface area contributed by atoms with Crippen LogP contribution in [0.25, 0.3) is 17.0 Å². The number of hydrogen-bond donors (Lipinski definition) is 3. The number of rotatable bonds is 10. The number of amides is 3. The smallest absolute Gasteiger partial charge is 0.247 e. The molecular weight excluding hydrogens is 440 g/mol. The number of likely N-dealkylation sites (N-methyl/N-ethyl adjacent to an activating group) is 1. The van der Waals surface area contributed by atoms with Crippen LogP contribution in [0.3, 0.4) is 0 Å². The molecule has 0 radical (unpaired) electrons. The first-order valence-electron chi connectivity index (χ1n) is 11.9. The Morgan fingerprint density at radius 3 is 2.43 bits per heavy atom. The topological polar surface area (TPSA) is 94.3 Å². The molecule has 35 heavy (non-hydrogen) atoms. The average Bonchev–Trinajstić information content (AvgIpc) is 3.28. The Kier molecular flexibility index (Phi) is 8.84. The number of aromatic nitrogens is 1. The van der Waals surface area contributed by atoms with Gasteiger partial charge in [0.25, 0.3) is 0 Å². The number of aromatic amines is 1. The monoisotopic (exact) mass is 474 g/mol. The molecule has 0 aliphatic rings. The maximum Gasteiger partial charge on any atom is 0.247 e. The fourth-order valence-corrected chi connectivity index (χ4v) is 4.06. The van der Waals surface area contributed by atoms with Crippen LogP contribution in [0.1, 0.15) is 38.3 Å². The Hall–Kier alpha value is -3.87. The predicted octanol–water partition coefficient (Wildman–Crippen LogP) is 3.88. The van der Waals surface area contributed by atoms with Crippen molar-refractivity contribution in [1.82, 2.24) is 20.5 Å². The molecule has 7 heteroatoms. The summed E-state index contributed by atoms with van der Waals surface area (Å²) in [5.41, 5.74) is 2.90. The van der Waals surface area contributed by atoms with E-state index in [9.17, 15) is 14.4 Å². The van der Waals surface area contributed by atoms with Gasteiger partial charge in [-0.15, -0.1) is 0 Å². The Morgan fingerprint density at radius 2 is 1.74 bits per heavy atom. The lowest BCUT2D eigenvalue weighted by Crippen LogP contribution is -2.56. The summed E-state index contributed by atoms with van der Waals surface area (Å²) in [6.07, 6.45) is 6.39. The van der Waals surface area contributed by atoms with Gasteiger partial charge in [0.1, 0.15) is 12.1 Å². The number of nitrogens with zero attached hydrogens (tertiary/aromatic N) is 1. The van der Waals surface area contributed by atoms with Crippen molar-refractivity contribution < 1.29 is 14.4 Å². The molecule has 0 saturated carbocycles. The van der Waals surface area contributed by atoms with E-state index < -0.39 is 12.1 Å². The van der Waals surface area contributed by atoms with E-state index in [1.54, 1.807) is 13.2 Å². The summed E-state index contributed by atoms with van der Waals surface area (Å²) in [7, 11) is 1.62. The lowest BCUT2D eigenvalue weighted by Gasteiger charge is -2.32. The van der Waals surface area contributed by atoms with Crippen molar-refractivity contribution in [2.45, 2.75) is 45.7 Å². The van der Waals surface area contributed by atoms with Crippen molar-refractivity contribution in [3.63, 3.8) is 0 Å². The van der Waals surface area contributed by atoms with Crippen LogP contribution in [0.4, 0.5) is 0 Å². The van der Waals surface area contributed by atoms with Crippen LogP contribution >= 0.6 is 0 Å². The van der Waals surface area contributed by atoms with Gasteiger partial charge in [-0.05, 0) is 23.6 Å². The quantitative estimate of drug-likeness (QED) is 0.416. The lowest BCUT2D eigenvalue weighted by atomic mass is 9.96. The summed E-state index contributed by atoms with van der Waals surface area (Å²) in [5, 5.41) is 6.67. The number of hydrogen-bond acceptors (Lipinski definition) is 3. The predicted molar refractivity (Wildman–Crippen MR) is 139 cm³/mol. The normalized spacial score (nSPS) is 13.8. The van der Waals surface area contributed by atoms with Gasteiger partial charge in [0.2, 0.25) is 17.7 Å². The largest absolute Gasteiger partial charge is 0.361 e. The highest BCUT2D eigenvalue weighted by molar-refractivity contribution is 5.93. The van der Waals surface area contributed by atoms with Gasteiger partial charge in [-0.3, -0.25) is 14.4 Å². The standard InChI is InChI=1S/C28H34N4O3/c1-5-19(2)26(31-20(3)33)28(35)32(4)25(17-21-11-7-6-8-12-21)27(34)29-16-15-22-18-30-24-14-10-9-13-23(22)24/h6-16,18-19,25-26,30H,5,17H2,1-4H3,(H,29,34)(H,31,33). The zero-order valence-corrected chi connectivity index (χ0v) is 20.7. The molecule has 0 bridgehead atoms. The highest BCUT2D eigenvalue weighted by Gasteiger charge is 2.33. The molecule has 0 spiro atoms. The number of para-hydroxylation sites is 1.